The molecule has 0 saturated carbocycles. The zero-order valence-corrected chi connectivity index (χ0v) is 16.2. The number of allylic oxidation sites excluding steroid dienone is 4. The summed E-state index contributed by atoms with van der Waals surface area (Å²) in [7, 11) is 0. The molecule has 3 aromatic rings. The third-order valence-corrected chi connectivity index (χ3v) is 5.36. The highest BCUT2D eigenvalue weighted by Gasteiger charge is 2.19. The summed E-state index contributed by atoms with van der Waals surface area (Å²) in [4.78, 5) is 7.77. The maximum absolute atomic E-state index is 13.7. The van der Waals surface area contributed by atoms with Crippen LogP contribution in [0.2, 0.25) is 0 Å². The van der Waals surface area contributed by atoms with E-state index in [0.29, 0.717) is 18.2 Å². The van der Waals surface area contributed by atoms with Gasteiger partial charge in [-0.1, -0.05) is 12.1 Å². The van der Waals surface area contributed by atoms with Gasteiger partial charge in [-0.3, -0.25) is 0 Å². The van der Waals surface area contributed by atoms with Gasteiger partial charge in [-0.2, -0.15) is 4.98 Å². The Balaban J connectivity index is 1.64. The summed E-state index contributed by atoms with van der Waals surface area (Å²) in [6.07, 6.45) is 4.15. The normalized spacial score (nSPS) is 16.8. The lowest BCUT2D eigenvalue weighted by molar-refractivity contribution is 0.280. The molecule has 2 N–H and O–H groups in total. The van der Waals surface area contributed by atoms with E-state index in [1.54, 1.807) is 6.08 Å². The summed E-state index contributed by atoms with van der Waals surface area (Å²) >= 11 is 0. The van der Waals surface area contributed by atoms with Gasteiger partial charge >= 0.3 is 0 Å². The minimum absolute atomic E-state index is 0.0327. The van der Waals surface area contributed by atoms with E-state index in [0.717, 1.165) is 38.9 Å². The Labute approximate surface area is 163 Å². The highest BCUT2D eigenvalue weighted by Crippen LogP contribution is 2.35. The summed E-state index contributed by atoms with van der Waals surface area (Å²) in [5, 5.41) is 9.43. The van der Waals surface area contributed by atoms with E-state index < -0.39 is 0 Å². The lowest BCUT2D eigenvalue weighted by Gasteiger charge is -2.19. The Bertz CT molecular complexity index is 1110. The van der Waals surface area contributed by atoms with Crippen LogP contribution in [0.1, 0.15) is 41.5 Å². The number of aromatic nitrogens is 2. The van der Waals surface area contributed by atoms with Crippen LogP contribution in [-0.4, -0.2) is 15.1 Å². The van der Waals surface area contributed by atoms with Crippen molar-refractivity contribution in [3.63, 3.8) is 0 Å². The number of benzene rings is 2. The van der Waals surface area contributed by atoms with Crippen molar-refractivity contribution in [3.05, 3.63) is 76.1 Å². The Morgan fingerprint density at radius 2 is 2.00 bits per heavy atom. The largest absolute Gasteiger partial charge is 0.426 e. The fourth-order valence-electron chi connectivity index (χ4n) is 3.65. The minimum Gasteiger partial charge on any atom is -0.426 e. The summed E-state index contributed by atoms with van der Waals surface area (Å²) in [5.41, 5.74) is 6.59. The molecule has 2 aromatic carbocycles. The van der Waals surface area contributed by atoms with Crippen LogP contribution in [0.3, 0.4) is 0 Å². The van der Waals surface area contributed by atoms with Gasteiger partial charge in [0.1, 0.15) is 11.6 Å². The summed E-state index contributed by atoms with van der Waals surface area (Å²) in [6.45, 7) is 5.81. The molecule has 1 atom stereocenters. The first-order chi connectivity index (χ1) is 13.4. The molecular weight excluding hydrogens is 355 g/mol. The fourth-order valence-corrected chi connectivity index (χ4v) is 3.65. The first kappa shape index (κ1) is 18.4. The van der Waals surface area contributed by atoms with Crippen molar-refractivity contribution >= 4 is 11.0 Å². The molecule has 28 heavy (non-hydrogen) atoms. The predicted molar refractivity (Wildman–Crippen MR) is 108 cm³/mol. The zero-order chi connectivity index (χ0) is 19.8. The number of nitrogens with zero attached hydrogens (tertiary/aromatic N) is 1. The topological polar surface area (TPSA) is 58.1 Å². The predicted octanol–water partition coefficient (Wildman–Crippen LogP) is 5.75. The van der Waals surface area contributed by atoms with Gasteiger partial charge in [-0.25, -0.2) is 4.39 Å². The molecule has 144 valence electrons. The van der Waals surface area contributed by atoms with Gasteiger partial charge in [0.25, 0.3) is 6.01 Å². The number of aliphatic hydroxyl groups excluding tert-OH is 1. The monoisotopic (exact) mass is 378 g/mol. The molecule has 0 amide bonds. The second kappa shape index (κ2) is 7.24. The second-order valence-corrected chi connectivity index (χ2v) is 7.41. The van der Waals surface area contributed by atoms with Crippen LogP contribution < -0.4 is 4.74 Å². The number of hydrogen-bond acceptors (Lipinski definition) is 3. The SMILES string of the molecule is CC1=C(F)C=CC(c2cc3nc(Oc4ccc(C)c(CO)c4)[nH]c3cc2C)C1. The molecule has 1 aliphatic rings. The van der Waals surface area contributed by atoms with Crippen LogP contribution in [0.25, 0.3) is 11.0 Å². The first-order valence-corrected chi connectivity index (χ1v) is 9.36. The molecule has 0 aliphatic heterocycles. The smallest absolute Gasteiger partial charge is 0.300 e. The van der Waals surface area contributed by atoms with E-state index in [4.69, 9.17) is 4.74 Å². The Morgan fingerprint density at radius 1 is 1.18 bits per heavy atom. The molecule has 4 rings (SSSR count). The van der Waals surface area contributed by atoms with Crippen LogP contribution in [-0.2, 0) is 6.61 Å². The van der Waals surface area contributed by atoms with Gasteiger partial charge in [0.05, 0.1) is 17.6 Å². The molecule has 0 fully saturated rings. The van der Waals surface area contributed by atoms with Gasteiger partial charge < -0.3 is 14.8 Å². The van der Waals surface area contributed by atoms with Gasteiger partial charge in [-0.05, 0) is 85.4 Å². The van der Waals surface area contributed by atoms with E-state index in [2.05, 4.69) is 23.0 Å². The number of aryl methyl sites for hydroxylation is 2. The number of nitrogens with one attached hydrogen (secondary N) is 1. The molecule has 1 heterocycles. The van der Waals surface area contributed by atoms with Gasteiger partial charge in [0, 0.05) is 5.92 Å². The van der Waals surface area contributed by atoms with E-state index in [1.807, 2.05) is 44.2 Å². The number of aromatic amines is 1. The third-order valence-electron chi connectivity index (χ3n) is 5.36. The minimum atomic E-state index is -0.134. The number of rotatable bonds is 4. The Kier molecular flexibility index (Phi) is 4.77. The molecular formula is C23H23FN2O2. The molecule has 1 aliphatic carbocycles. The standard InChI is InChI=1S/C23H23FN2O2/c1-13-4-6-18(10-17(13)12-27)28-23-25-21-9-14(2)19(11-22(21)26-23)16-5-7-20(24)15(3)8-16/h4-7,9-11,16,27H,8,12H2,1-3H3,(H,25,26). The first-order valence-electron chi connectivity index (χ1n) is 9.36. The van der Waals surface area contributed by atoms with Crippen molar-refractivity contribution in [2.24, 2.45) is 0 Å². The molecule has 1 aromatic heterocycles. The number of H-pyrrole nitrogens is 1. The fraction of sp³-hybridized carbons (Fsp3) is 0.261. The molecule has 0 saturated heterocycles. The quantitative estimate of drug-likeness (QED) is 0.608. The molecule has 1 unspecified atom stereocenters. The van der Waals surface area contributed by atoms with Crippen molar-refractivity contribution in [1.29, 1.82) is 0 Å². The van der Waals surface area contributed by atoms with E-state index >= 15 is 0 Å². The van der Waals surface area contributed by atoms with Crippen molar-refractivity contribution in [2.75, 3.05) is 0 Å². The maximum Gasteiger partial charge on any atom is 0.300 e. The number of fused-ring (bicyclic) bond motifs is 1. The highest BCUT2D eigenvalue weighted by molar-refractivity contribution is 5.78. The maximum atomic E-state index is 13.7. The van der Waals surface area contributed by atoms with Crippen LogP contribution in [0.4, 0.5) is 4.39 Å². The summed E-state index contributed by atoms with van der Waals surface area (Å²) in [6, 6.07) is 10.1. The van der Waals surface area contributed by atoms with Gasteiger partial charge in [0.2, 0.25) is 0 Å². The second-order valence-electron chi connectivity index (χ2n) is 7.41. The lowest BCUT2D eigenvalue weighted by atomic mass is 9.86. The summed E-state index contributed by atoms with van der Waals surface area (Å²) in [5.74, 6) is 0.636. The van der Waals surface area contributed by atoms with Crippen molar-refractivity contribution in [3.8, 4) is 11.8 Å². The molecule has 5 heteroatoms. The summed E-state index contributed by atoms with van der Waals surface area (Å²) < 4.78 is 19.5. The van der Waals surface area contributed by atoms with Crippen LogP contribution >= 0.6 is 0 Å². The van der Waals surface area contributed by atoms with Crippen LogP contribution in [0, 0.1) is 13.8 Å². The Hall–Kier alpha value is -2.92. The van der Waals surface area contributed by atoms with Crippen molar-refractivity contribution in [2.45, 2.75) is 39.7 Å². The number of ether oxygens (including phenoxy) is 1. The highest BCUT2D eigenvalue weighted by atomic mass is 19.1. The number of aliphatic hydroxyl groups is 1. The average molecular weight is 378 g/mol. The molecule has 0 radical (unpaired) electrons. The van der Waals surface area contributed by atoms with Crippen molar-refractivity contribution in [1.82, 2.24) is 9.97 Å². The van der Waals surface area contributed by atoms with E-state index in [9.17, 15) is 9.50 Å². The number of hydrogen-bond donors (Lipinski definition) is 2. The van der Waals surface area contributed by atoms with Crippen LogP contribution in [0.15, 0.2) is 53.9 Å². The van der Waals surface area contributed by atoms with Crippen molar-refractivity contribution < 1.29 is 14.2 Å². The molecule has 4 nitrogen and oxygen atoms in total. The third kappa shape index (κ3) is 3.45. The molecule has 0 bridgehead atoms. The van der Waals surface area contributed by atoms with Gasteiger partial charge in [-0.15, -0.1) is 0 Å². The Morgan fingerprint density at radius 3 is 2.75 bits per heavy atom. The average Bonchev–Trinajstić information content (AvgIpc) is 3.06. The van der Waals surface area contributed by atoms with Gasteiger partial charge in [0.15, 0.2) is 0 Å². The molecule has 0 spiro atoms. The van der Waals surface area contributed by atoms with E-state index in [1.165, 1.54) is 0 Å². The van der Waals surface area contributed by atoms with E-state index in [-0.39, 0.29) is 18.4 Å². The zero-order valence-electron chi connectivity index (χ0n) is 16.2. The number of halogens is 1. The number of imidazole rings is 1. The van der Waals surface area contributed by atoms with Crippen LogP contribution in [0.5, 0.6) is 11.8 Å². The lowest BCUT2D eigenvalue weighted by Crippen LogP contribution is -2.03.